The van der Waals surface area contributed by atoms with E-state index in [1.54, 1.807) is 19.2 Å². The quantitative estimate of drug-likeness (QED) is 0.327. The predicted molar refractivity (Wildman–Crippen MR) is 141 cm³/mol. The van der Waals surface area contributed by atoms with Crippen molar-refractivity contribution in [2.75, 3.05) is 7.05 Å². The summed E-state index contributed by atoms with van der Waals surface area (Å²) in [6.07, 6.45) is 3.93. The Hall–Kier alpha value is -3.81. The third-order valence-electron chi connectivity index (χ3n) is 5.75. The zero-order valence-corrected chi connectivity index (χ0v) is 20.3. The van der Waals surface area contributed by atoms with Crippen molar-refractivity contribution >= 4 is 63.1 Å². The predicted octanol–water partition coefficient (Wildman–Crippen LogP) is 6.28. The maximum atomic E-state index is 13.0. The number of benzene rings is 3. The van der Waals surface area contributed by atoms with E-state index in [1.165, 1.54) is 28.8 Å². The molecule has 5 rings (SSSR count). The first-order chi connectivity index (χ1) is 16.9. The second-order valence-corrected chi connectivity index (χ2v) is 9.46. The summed E-state index contributed by atoms with van der Waals surface area (Å²) in [5, 5.41) is 11.4. The number of halogens is 1. The lowest BCUT2D eigenvalue weighted by Crippen LogP contribution is -2.23. The van der Waals surface area contributed by atoms with E-state index in [2.05, 4.69) is 15.6 Å². The summed E-state index contributed by atoms with van der Waals surface area (Å²) in [5.41, 5.74) is 3.77. The summed E-state index contributed by atoms with van der Waals surface area (Å²) in [5.74, 6) is -1.13. The largest absolute Gasteiger partial charge is 0.478 e. The number of fused-ring (bicyclic) bond motifs is 1. The van der Waals surface area contributed by atoms with Crippen LogP contribution in [0, 0.1) is 0 Å². The second kappa shape index (κ2) is 9.44. The molecule has 1 N–H and O–H groups in total. The fourth-order valence-electron chi connectivity index (χ4n) is 3.91. The molecule has 2 heterocycles. The molecule has 1 aliphatic heterocycles. The van der Waals surface area contributed by atoms with Crippen LogP contribution in [-0.2, 0) is 11.3 Å². The molecule has 1 amide bonds. The highest BCUT2D eigenvalue weighted by Crippen LogP contribution is 2.35. The summed E-state index contributed by atoms with van der Waals surface area (Å²) in [6, 6.07) is 22.1. The summed E-state index contributed by atoms with van der Waals surface area (Å²) in [6.45, 7) is 0.614. The van der Waals surface area contributed by atoms with Crippen molar-refractivity contribution in [2.24, 2.45) is 4.99 Å². The number of thioether (sulfide) groups is 1. The number of carboxylic acids is 1. The van der Waals surface area contributed by atoms with Crippen LogP contribution in [0.4, 0.5) is 5.69 Å². The molecule has 1 saturated heterocycles. The van der Waals surface area contributed by atoms with E-state index in [1.807, 2.05) is 54.7 Å². The van der Waals surface area contributed by atoms with Gasteiger partial charge >= 0.3 is 5.97 Å². The lowest BCUT2D eigenvalue weighted by Gasteiger charge is -2.07. The molecule has 6 nitrogen and oxygen atoms in total. The van der Waals surface area contributed by atoms with Crippen molar-refractivity contribution in [1.82, 2.24) is 9.47 Å². The number of amides is 1. The first kappa shape index (κ1) is 23.0. The molecule has 0 spiro atoms. The lowest BCUT2D eigenvalue weighted by atomic mass is 10.1. The molecule has 0 bridgehead atoms. The fourth-order valence-corrected chi connectivity index (χ4v) is 5.09. The van der Waals surface area contributed by atoms with Crippen molar-refractivity contribution in [3.05, 3.63) is 106 Å². The molecule has 0 saturated carbocycles. The number of amidine groups is 1. The van der Waals surface area contributed by atoms with Crippen LogP contribution in [0.2, 0.25) is 5.02 Å². The van der Waals surface area contributed by atoms with E-state index in [0.29, 0.717) is 27.3 Å². The van der Waals surface area contributed by atoms with Crippen LogP contribution in [-0.4, -0.2) is 38.7 Å². The Morgan fingerprint density at radius 3 is 2.51 bits per heavy atom. The monoisotopic (exact) mass is 501 g/mol. The Kier molecular flexibility index (Phi) is 6.19. The molecule has 0 atom stereocenters. The number of aromatic carboxylic acids is 1. The van der Waals surface area contributed by atoms with Gasteiger partial charge in [0.15, 0.2) is 5.17 Å². The van der Waals surface area contributed by atoms with Gasteiger partial charge in [-0.25, -0.2) is 9.79 Å². The molecule has 1 aliphatic rings. The number of likely N-dealkylation sites (N-methyl/N-ethyl adjacent to an activating group) is 1. The lowest BCUT2D eigenvalue weighted by molar-refractivity contribution is -0.121. The number of aromatic nitrogens is 1. The highest BCUT2D eigenvalue weighted by atomic mass is 35.5. The minimum Gasteiger partial charge on any atom is -0.478 e. The number of carbonyl (C=O) groups excluding carboxylic acids is 1. The molecule has 0 aliphatic carbocycles. The van der Waals surface area contributed by atoms with Gasteiger partial charge in [-0.05, 0) is 59.8 Å². The zero-order valence-electron chi connectivity index (χ0n) is 18.7. The minimum absolute atomic E-state index is 0.140. The van der Waals surface area contributed by atoms with Gasteiger partial charge in [-0.2, -0.15) is 0 Å². The average Bonchev–Trinajstić information content (AvgIpc) is 3.33. The summed E-state index contributed by atoms with van der Waals surface area (Å²) >= 11 is 7.68. The summed E-state index contributed by atoms with van der Waals surface area (Å²) < 4.78 is 2.13. The molecule has 4 aromatic rings. The Morgan fingerprint density at radius 1 is 1.06 bits per heavy atom. The van der Waals surface area contributed by atoms with Crippen molar-refractivity contribution in [3.63, 3.8) is 0 Å². The molecular formula is C27H20ClN3O3S. The highest BCUT2D eigenvalue weighted by Gasteiger charge is 2.30. The standard InChI is InChI=1S/C27H20ClN3O3S/c1-30-25(32)24(35-27(30)29-20-12-10-17(11-13-20)26(33)34)14-19-16-31(23-9-5-3-7-21(19)23)15-18-6-2-4-8-22(18)28/h2-14,16H,15H2,1H3,(H,33,34)/b24-14-,29-27?. The van der Waals surface area contributed by atoms with E-state index in [-0.39, 0.29) is 11.5 Å². The summed E-state index contributed by atoms with van der Waals surface area (Å²) in [4.78, 5) is 30.7. The molecule has 174 valence electrons. The average molecular weight is 502 g/mol. The van der Waals surface area contributed by atoms with E-state index in [4.69, 9.17) is 16.7 Å². The third kappa shape index (κ3) is 4.60. The van der Waals surface area contributed by atoms with Gasteiger partial charge in [-0.15, -0.1) is 0 Å². The third-order valence-corrected chi connectivity index (χ3v) is 7.18. The van der Waals surface area contributed by atoms with Gasteiger partial charge in [-0.3, -0.25) is 9.69 Å². The Labute approximate surface area is 211 Å². The van der Waals surface area contributed by atoms with Crippen LogP contribution in [0.3, 0.4) is 0 Å². The van der Waals surface area contributed by atoms with Gasteiger partial charge in [0.25, 0.3) is 5.91 Å². The zero-order chi connectivity index (χ0) is 24.5. The molecule has 1 fully saturated rings. The normalized spacial score (nSPS) is 16.1. The van der Waals surface area contributed by atoms with E-state index < -0.39 is 5.97 Å². The number of carboxylic acid groups (broad SMARTS) is 1. The number of carbonyl (C=O) groups is 2. The molecule has 0 radical (unpaired) electrons. The van der Waals surface area contributed by atoms with E-state index in [0.717, 1.165) is 22.0 Å². The van der Waals surface area contributed by atoms with E-state index >= 15 is 0 Å². The smallest absolute Gasteiger partial charge is 0.335 e. The SMILES string of the molecule is CN1C(=O)/C(=C/c2cn(Cc3ccccc3Cl)c3ccccc23)SC1=Nc1ccc(C(=O)O)cc1. The van der Waals surface area contributed by atoms with Crippen molar-refractivity contribution in [3.8, 4) is 0 Å². The van der Waals surface area contributed by atoms with Crippen LogP contribution in [0.1, 0.15) is 21.5 Å². The molecule has 8 heteroatoms. The summed E-state index contributed by atoms with van der Waals surface area (Å²) in [7, 11) is 1.68. The number of hydrogen-bond donors (Lipinski definition) is 1. The Morgan fingerprint density at radius 2 is 1.77 bits per heavy atom. The number of hydrogen-bond acceptors (Lipinski definition) is 4. The molecule has 3 aromatic carbocycles. The van der Waals surface area contributed by atoms with Gasteiger partial charge in [0.1, 0.15) is 0 Å². The minimum atomic E-state index is -0.995. The Bertz CT molecular complexity index is 1520. The maximum Gasteiger partial charge on any atom is 0.335 e. The van der Waals surface area contributed by atoms with Crippen LogP contribution in [0.5, 0.6) is 0 Å². The number of nitrogens with zero attached hydrogens (tertiary/aromatic N) is 3. The van der Waals surface area contributed by atoms with Crippen molar-refractivity contribution in [2.45, 2.75) is 6.54 Å². The van der Waals surface area contributed by atoms with Gasteiger partial charge in [-0.1, -0.05) is 48.0 Å². The number of aliphatic imine (C=N–C) groups is 1. The molecule has 1 aromatic heterocycles. The van der Waals surface area contributed by atoms with Crippen LogP contribution >= 0.6 is 23.4 Å². The van der Waals surface area contributed by atoms with Crippen molar-refractivity contribution in [1.29, 1.82) is 0 Å². The Balaban J connectivity index is 1.48. The van der Waals surface area contributed by atoms with Crippen LogP contribution in [0.15, 0.2) is 88.9 Å². The number of para-hydroxylation sites is 1. The van der Waals surface area contributed by atoms with Gasteiger partial charge in [0, 0.05) is 41.3 Å². The first-order valence-electron chi connectivity index (χ1n) is 10.8. The molecule has 0 unspecified atom stereocenters. The fraction of sp³-hybridized carbons (Fsp3) is 0.0741. The van der Waals surface area contributed by atoms with E-state index in [9.17, 15) is 9.59 Å². The highest BCUT2D eigenvalue weighted by molar-refractivity contribution is 8.18. The van der Waals surface area contributed by atoms with Crippen LogP contribution < -0.4 is 0 Å². The van der Waals surface area contributed by atoms with Gasteiger partial charge in [0.05, 0.1) is 16.2 Å². The molecule has 35 heavy (non-hydrogen) atoms. The molecular weight excluding hydrogens is 482 g/mol. The van der Waals surface area contributed by atoms with Crippen molar-refractivity contribution < 1.29 is 14.7 Å². The van der Waals surface area contributed by atoms with Gasteiger partial charge in [0.2, 0.25) is 0 Å². The first-order valence-corrected chi connectivity index (χ1v) is 12.0. The topological polar surface area (TPSA) is 74.9 Å². The second-order valence-electron chi connectivity index (χ2n) is 8.04. The van der Waals surface area contributed by atoms with Gasteiger partial charge < -0.3 is 9.67 Å². The maximum absolute atomic E-state index is 13.0. The number of rotatable bonds is 5. The van der Waals surface area contributed by atoms with Crippen LogP contribution in [0.25, 0.3) is 17.0 Å².